The Kier molecular flexibility index (Phi) is 4.82. The van der Waals surface area contributed by atoms with Crippen LogP contribution in [-0.4, -0.2) is 58.2 Å². The third-order valence-corrected chi connectivity index (χ3v) is 6.13. The Balaban J connectivity index is 1.52. The SMILES string of the molecule is COC1=NC=C(C2CCNCC2)C2SC(NC(=O)c3cnn(C)c3)=NC12. The van der Waals surface area contributed by atoms with E-state index in [1.165, 1.54) is 5.57 Å². The van der Waals surface area contributed by atoms with Gasteiger partial charge in [-0.15, -0.1) is 0 Å². The van der Waals surface area contributed by atoms with Gasteiger partial charge < -0.3 is 15.4 Å². The number of nitrogens with zero attached hydrogens (tertiary/aromatic N) is 4. The van der Waals surface area contributed by atoms with Gasteiger partial charge in [-0.05, 0) is 37.4 Å². The minimum absolute atomic E-state index is 0.134. The Hall–Kier alpha value is -2.13. The number of thioether (sulfide) groups is 1. The number of carbonyl (C=O) groups is 1. The summed E-state index contributed by atoms with van der Waals surface area (Å²) >= 11 is 1.59. The molecular formula is C17H22N6O2S. The van der Waals surface area contributed by atoms with Gasteiger partial charge in [-0.2, -0.15) is 5.10 Å². The van der Waals surface area contributed by atoms with E-state index in [4.69, 9.17) is 4.74 Å². The second-order valence-electron chi connectivity index (χ2n) is 6.60. The highest BCUT2D eigenvalue weighted by Gasteiger charge is 2.42. The van der Waals surface area contributed by atoms with E-state index in [1.807, 2.05) is 6.20 Å². The van der Waals surface area contributed by atoms with Gasteiger partial charge in [0.1, 0.15) is 6.04 Å². The third-order valence-electron chi connectivity index (χ3n) is 4.91. The number of piperidine rings is 1. The van der Waals surface area contributed by atoms with E-state index >= 15 is 0 Å². The molecule has 0 spiro atoms. The van der Waals surface area contributed by atoms with Crippen LogP contribution in [0.3, 0.4) is 0 Å². The van der Waals surface area contributed by atoms with Gasteiger partial charge in [-0.3, -0.25) is 9.48 Å². The molecule has 26 heavy (non-hydrogen) atoms. The van der Waals surface area contributed by atoms with Crippen LogP contribution in [-0.2, 0) is 11.8 Å². The van der Waals surface area contributed by atoms with Crippen LogP contribution in [0.5, 0.6) is 0 Å². The maximum Gasteiger partial charge on any atom is 0.260 e. The van der Waals surface area contributed by atoms with Crippen molar-refractivity contribution in [3.8, 4) is 0 Å². The summed E-state index contributed by atoms with van der Waals surface area (Å²) in [5.74, 6) is 0.902. The first-order valence-corrected chi connectivity index (χ1v) is 9.60. The van der Waals surface area contributed by atoms with Crippen LogP contribution in [0.15, 0.2) is 34.2 Å². The fourth-order valence-corrected chi connectivity index (χ4v) is 4.83. The first-order chi connectivity index (χ1) is 12.7. The average Bonchev–Trinajstić information content (AvgIpc) is 3.27. The van der Waals surface area contributed by atoms with Gasteiger partial charge in [-0.25, -0.2) is 9.98 Å². The lowest BCUT2D eigenvalue weighted by molar-refractivity contribution is 0.0978. The Bertz CT molecular complexity index is 793. The summed E-state index contributed by atoms with van der Waals surface area (Å²) in [4.78, 5) is 21.6. The van der Waals surface area contributed by atoms with E-state index < -0.39 is 0 Å². The summed E-state index contributed by atoms with van der Waals surface area (Å²) in [6, 6.07) is -0.177. The quantitative estimate of drug-likeness (QED) is 0.803. The fraction of sp³-hybridized carbons (Fsp3) is 0.529. The molecule has 1 fully saturated rings. The number of hydrogen-bond donors (Lipinski definition) is 2. The zero-order valence-corrected chi connectivity index (χ0v) is 15.6. The summed E-state index contributed by atoms with van der Waals surface area (Å²) in [6.07, 6.45) is 7.38. The Morgan fingerprint density at radius 1 is 1.42 bits per heavy atom. The van der Waals surface area contributed by atoms with Gasteiger partial charge in [0.05, 0.1) is 24.1 Å². The standard InChI is InChI=1S/C17H22N6O2S/c1-23-9-11(7-20-23)15(24)22-17-21-13-14(26-17)12(8-19-16(13)25-2)10-3-5-18-6-4-10/h7-10,13-14,18H,3-6H2,1-2H3,(H,21,22,24). The number of ether oxygens (including phenoxy) is 1. The smallest absolute Gasteiger partial charge is 0.260 e. The highest BCUT2D eigenvalue weighted by molar-refractivity contribution is 8.14. The fourth-order valence-electron chi connectivity index (χ4n) is 3.57. The van der Waals surface area contributed by atoms with E-state index in [2.05, 4.69) is 25.7 Å². The molecule has 0 aromatic carbocycles. The number of fused-ring (bicyclic) bond motifs is 1. The van der Waals surface area contributed by atoms with Gasteiger partial charge >= 0.3 is 0 Å². The molecule has 1 saturated heterocycles. The maximum atomic E-state index is 12.4. The number of amides is 1. The number of methoxy groups -OCH3 is 1. The molecule has 2 N–H and O–H groups in total. The van der Waals surface area contributed by atoms with E-state index in [-0.39, 0.29) is 17.2 Å². The van der Waals surface area contributed by atoms with E-state index in [1.54, 1.807) is 43.0 Å². The van der Waals surface area contributed by atoms with Crippen LogP contribution in [0, 0.1) is 5.92 Å². The molecule has 4 heterocycles. The van der Waals surface area contributed by atoms with Crippen molar-refractivity contribution >= 4 is 28.7 Å². The predicted molar refractivity (Wildman–Crippen MR) is 101 cm³/mol. The zero-order valence-electron chi connectivity index (χ0n) is 14.8. The highest BCUT2D eigenvalue weighted by atomic mass is 32.2. The minimum atomic E-state index is -0.203. The van der Waals surface area contributed by atoms with Crippen LogP contribution in [0.4, 0.5) is 0 Å². The molecule has 2 unspecified atom stereocenters. The molecule has 8 nitrogen and oxygen atoms in total. The van der Waals surface area contributed by atoms with Crippen LogP contribution in [0.1, 0.15) is 23.2 Å². The first kappa shape index (κ1) is 17.3. The van der Waals surface area contributed by atoms with Crippen molar-refractivity contribution in [2.45, 2.75) is 24.1 Å². The molecule has 1 aromatic rings. The number of aryl methyl sites for hydroxylation is 1. The maximum absolute atomic E-state index is 12.4. The molecule has 1 aromatic heterocycles. The van der Waals surface area contributed by atoms with Crippen molar-refractivity contribution in [1.82, 2.24) is 20.4 Å². The second kappa shape index (κ2) is 7.24. The van der Waals surface area contributed by atoms with Crippen LogP contribution >= 0.6 is 11.8 Å². The van der Waals surface area contributed by atoms with Gasteiger partial charge in [0.25, 0.3) is 5.91 Å². The summed E-state index contributed by atoms with van der Waals surface area (Å²) in [5, 5.41) is 11.1. The summed E-state index contributed by atoms with van der Waals surface area (Å²) in [5.41, 5.74) is 1.82. The molecule has 0 radical (unpaired) electrons. The Labute approximate surface area is 156 Å². The normalized spacial score (nSPS) is 25.8. The molecule has 1 amide bonds. The monoisotopic (exact) mass is 374 g/mol. The summed E-state index contributed by atoms with van der Waals surface area (Å²) < 4.78 is 7.03. The number of rotatable bonds is 2. The first-order valence-electron chi connectivity index (χ1n) is 8.72. The third kappa shape index (κ3) is 3.28. The van der Waals surface area contributed by atoms with Crippen molar-refractivity contribution in [3.63, 3.8) is 0 Å². The molecule has 138 valence electrons. The topological polar surface area (TPSA) is 92.9 Å². The molecule has 3 aliphatic rings. The van der Waals surface area contributed by atoms with Crippen molar-refractivity contribution in [2.75, 3.05) is 20.2 Å². The molecule has 2 atom stereocenters. The molecule has 3 aliphatic heterocycles. The van der Waals surface area contributed by atoms with Crippen LogP contribution in [0.25, 0.3) is 0 Å². The lowest BCUT2D eigenvalue weighted by Gasteiger charge is -2.31. The second-order valence-corrected chi connectivity index (χ2v) is 7.73. The van der Waals surface area contributed by atoms with E-state index in [0.29, 0.717) is 22.5 Å². The Morgan fingerprint density at radius 3 is 2.92 bits per heavy atom. The van der Waals surface area contributed by atoms with Crippen molar-refractivity contribution in [1.29, 1.82) is 0 Å². The minimum Gasteiger partial charge on any atom is -0.482 e. The number of aliphatic imine (C=N–C) groups is 2. The molecule has 0 bridgehead atoms. The van der Waals surface area contributed by atoms with Gasteiger partial charge in [-0.1, -0.05) is 11.8 Å². The van der Waals surface area contributed by atoms with Gasteiger partial charge in [0.2, 0.25) is 5.90 Å². The predicted octanol–water partition coefficient (Wildman–Crippen LogP) is 0.932. The largest absolute Gasteiger partial charge is 0.482 e. The number of nitrogens with one attached hydrogen (secondary N) is 2. The molecular weight excluding hydrogens is 352 g/mol. The summed E-state index contributed by atoms with van der Waals surface area (Å²) in [7, 11) is 3.40. The van der Waals surface area contributed by atoms with Crippen molar-refractivity contribution in [2.24, 2.45) is 23.0 Å². The molecule has 0 saturated carbocycles. The van der Waals surface area contributed by atoms with Crippen LogP contribution in [0.2, 0.25) is 0 Å². The van der Waals surface area contributed by atoms with Gasteiger partial charge in [0, 0.05) is 19.4 Å². The van der Waals surface area contributed by atoms with Crippen molar-refractivity contribution < 1.29 is 9.53 Å². The Morgan fingerprint density at radius 2 is 2.23 bits per heavy atom. The lowest BCUT2D eigenvalue weighted by Crippen LogP contribution is -2.38. The number of amidine groups is 1. The van der Waals surface area contributed by atoms with Crippen LogP contribution < -0.4 is 10.6 Å². The van der Waals surface area contributed by atoms with Gasteiger partial charge in [0.15, 0.2) is 5.17 Å². The molecule has 0 aliphatic carbocycles. The number of carbonyl (C=O) groups excluding carboxylic acids is 1. The van der Waals surface area contributed by atoms with E-state index in [9.17, 15) is 4.79 Å². The number of aromatic nitrogens is 2. The average molecular weight is 374 g/mol. The summed E-state index contributed by atoms with van der Waals surface area (Å²) in [6.45, 7) is 2.05. The molecule has 9 heteroatoms. The highest BCUT2D eigenvalue weighted by Crippen LogP contribution is 2.40. The molecule has 4 rings (SSSR count). The van der Waals surface area contributed by atoms with Crippen molar-refractivity contribution in [3.05, 3.63) is 29.7 Å². The number of hydrogen-bond acceptors (Lipinski definition) is 7. The van der Waals surface area contributed by atoms with E-state index in [0.717, 1.165) is 25.9 Å². The zero-order chi connectivity index (χ0) is 18.1. The lowest BCUT2D eigenvalue weighted by atomic mass is 9.85.